The van der Waals surface area contributed by atoms with Crippen LogP contribution in [0.4, 0.5) is 11.4 Å². The van der Waals surface area contributed by atoms with E-state index < -0.39 is 10.9 Å². The van der Waals surface area contributed by atoms with Gasteiger partial charge in [0, 0.05) is 29.5 Å². The highest BCUT2D eigenvalue weighted by Crippen LogP contribution is 2.30. The highest BCUT2D eigenvalue weighted by molar-refractivity contribution is 5.99. The summed E-state index contributed by atoms with van der Waals surface area (Å²) in [4.78, 5) is 25.5. The van der Waals surface area contributed by atoms with Gasteiger partial charge in [0.15, 0.2) is 0 Å². The van der Waals surface area contributed by atoms with Gasteiger partial charge in [0.25, 0.3) is 5.69 Å². The summed E-state index contributed by atoms with van der Waals surface area (Å²) in [5.41, 5.74) is 0.597. The van der Waals surface area contributed by atoms with E-state index in [1.54, 1.807) is 12.1 Å². The predicted octanol–water partition coefficient (Wildman–Crippen LogP) is 1.73. The lowest BCUT2D eigenvalue weighted by molar-refractivity contribution is -0.383. The maximum absolute atomic E-state index is 11.1. The van der Waals surface area contributed by atoms with Gasteiger partial charge in [-0.2, -0.15) is 0 Å². The molecule has 2 aromatic rings. The Kier molecular flexibility index (Phi) is 3.56. The third kappa shape index (κ3) is 2.59. The van der Waals surface area contributed by atoms with Crippen molar-refractivity contribution in [2.24, 2.45) is 0 Å². The van der Waals surface area contributed by atoms with Crippen LogP contribution >= 0.6 is 0 Å². The van der Waals surface area contributed by atoms with Crippen LogP contribution in [0.3, 0.4) is 0 Å². The van der Waals surface area contributed by atoms with Gasteiger partial charge in [0.1, 0.15) is 6.54 Å². The molecule has 0 saturated heterocycles. The first-order valence-electron chi connectivity index (χ1n) is 5.45. The largest absolute Gasteiger partial charge is 0.468 e. The lowest BCUT2D eigenvalue weighted by Gasteiger charge is -2.08. The van der Waals surface area contributed by atoms with E-state index in [0.717, 1.165) is 0 Å². The number of hydrogen-bond donors (Lipinski definition) is 1. The van der Waals surface area contributed by atoms with Gasteiger partial charge < -0.3 is 10.1 Å². The Balaban J connectivity index is 2.44. The average molecular weight is 261 g/mol. The number of aromatic nitrogens is 1. The normalized spacial score (nSPS) is 10.2. The van der Waals surface area contributed by atoms with Crippen molar-refractivity contribution < 1.29 is 14.5 Å². The highest BCUT2D eigenvalue weighted by Gasteiger charge is 2.14. The number of hydrogen-bond acceptors (Lipinski definition) is 6. The van der Waals surface area contributed by atoms with Crippen LogP contribution in [0.25, 0.3) is 10.8 Å². The topological polar surface area (TPSA) is 94.4 Å². The van der Waals surface area contributed by atoms with Crippen LogP contribution in [0.5, 0.6) is 0 Å². The molecule has 2 rings (SSSR count). The number of rotatable bonds is 4. The number of pyridine rings is 1. The average Bonchev–Trinajstić information content (AvgIpc) is 2.43. The second-order valence-corrected chi connectivity index (χ2v) is 3.74. The Hall–Kier alpha value is -2.70. The minimum Gasteiger partial charge on any atom is -0.468 e. The van der Waals surface area contributed by atoms with Gasteiger partial charge in [0.2, 0.25) is 0 Å². The number of esters is 1. The van der Waals surface area contributed by atoms with Gasteiger partial charge in [-0.1, -0.05) is 0 Å². The number of methoxy groups -OCH3 is 1. The van der Waals surface area contributed by atoms with Crippen molar-refractivity contribution in [1.29, 1.82) is 0 Å². The Labute approximate surface area is 108 Å². The molecule has 0 fully saturated rings. The molecule has 1 aromatic heterocycles. The number of benzene rings is 1. The highest BCUT2D eigenvalue weighted by atomic mass is 16.6. The van der Waals surface area contributed by atoms with Gasteiger partial charge in [-0.05, 0) is 12.1 Å². The number of carbonyl (C=O) groups excluding carboxylic acids is 1. The molecule has 19 heavy (non-hydrogen) atoms. The molecule has 0 amide bonds. The predicted molar refractivity (Wildman–Crippen MR) is 68.9 cm³/mol. The molecule has 0 aliphatic heterocycles. The van der Waals surface area contributed by atoms with E-state index in [0.29, 0.717) is 16.5 Å². The number of fused-ring (bicyclic) bond motifs is 1. The van der Waals surface area contributed by atoms with Crippen molar-refractivity contribution in [2.45, 2.75) is 0 Å². The molecule has 7 nitrogen and oxygen atoms in total. The van der Waals surface area contributed by atoms with E-state index in [1.165, 1.54) is 25.6 Å². The Morgan fingerprint density at radius 1 is 1.42 bits per heavy atom. The zero-order valence-corrected chi connectivity index (χ0v) is 10.1. The van der Waals surface area contributed by atoms with E-state index in [-0.39, 0.29) is 12.2 Å². The summed E-state index contributed by atoms with van der Waals surface area (Å²) in [5, 5.41) is 14.8. The van der Waals surface area contributed by atoms with Crippen molar-refractivity contribution in [1.82, 2.24) is 4.98 Å². The fraction of sp³-hybridized carbons (Fsp3) is 0.167. The van der Waals surface area contributed by atoms with Crippen LogP contribution in [0.1, 0.15) is 0 Å². The lowest BCUT2D eigenvalue weighted by Crippen LogP contribution is -2.15. The summed E-state index contributed by atoms with van der Waals surface area (Å²) < 4.78 is 4.52. The van der Waals surface area contributed by atoms with E-state index in [2.05, 4.69) is 15.0 Å². The SMILES string of the molecule is COC(=O)CNc1ccc([N+](=O)[O-])c2ccncc12. The molecule has 98 valence electrons. The summed E-state index contributed by atoms with van der Waals surface area (Å²) in [7, 11) is 1.29. The third-order valence-corrected chi connectivity index (χ3v) is 2.64. The van der Waals surface area contributed by atoms with Crippen LogP contribution in [0.2, 0.25) is 0 Å². The fourth-order valence-corrected chi connectivity index (χ4v) is 1.73. The fourth-order valence-electron chi connectivity index (χ4n) is 1.73. The Bertz CT molecular complexity index is 642. The molecule has 0 radical (unpaired) electrons. The van der Waals surface area contributed by atoms with E-state index >= 15 is 0 Å². The zero-order valence-electron chi connectivity index (χ0n) is 10.1. The first-order valence-corrected chi connectivity index (χ1v) is 5.45. The summed E-state index contributed by atoms with van der Waals surface area (Å²) >= 11 is 0. The van der Waals surface area contributed by atoms with Crippen LogP contribution in [0, 0.1) is 10.1 Å². The van der Waals surface area contributed by atoms with E-state index in [4.69, 9.17) is 0 Å². The number of non-ortho nitro benzene ring substituents is 1. The van der Waals surface area contributed by atoms with Gasteiger partial charge in [-0.15, -0.1) is 0 Å². The van der Waals surface area contributed by atoms with Gasteiger partial charge in [0.05, 0.1) is 17.4 Å². The van der Waals surface area contributed by atoms with Gasteiger partial charge in [-0.3, -0.25) is 19.9 Å². The number of carbonyl (C=O) groups is 1. The van der Waals surface area contributed by atoms with Crippen molar-refractivity contribution >= 4 is 28.1 Å². The van der Waals surface area contributed by atoms with Crippen molar-refractivity contribution in [2.75, 3.05) is 19.0 Å². The first-order chi connectivity index (χ1) is 9.13. The quantitative estimate of drug-likeness (QED) is 0.511. The molecular weight excluding hydrogens is 250 g/mol. The molecule has 1 N–H and O–H groups in total. The van der Waals surface area contributed by atoms with Crippen LogP contribution in [-0.2, 0) is 9.53 Å². The zero-order chi connectivity index (χ0) is 13.8. The van der Waals surface area contributed by atoms with Gasteiger partial charge in [-0.25, -0.2) is 0 Å². The minimum atomic E-state index is -0.452. The summed E-state index contributed by atoms with van der Waals surface area (Å²) in [6.07, 6.45) is 3.00. The smallest absolute Gasteiger partial charge is 0.325 e. The van der Waals surface area contributed by atoms with Crippen molar-refractivity contribution in [3.8, 4) is 0 Å². The molecule has 0 bridgehead atoms. The molecule has 0 aliphatic rings. The van der Waals surface area contributed by atoms with Crippen LogP contribution in [-0.4, -0.2) is 29.5 Å². The maximum Gasteiger partial charge on any atom is 0.325 e. The maximum atomic E-state index is 11.1. The molecule has 1 heterocycles. The number of ether oxygens (including phenoxy) is 1. The second-order valence-electron chi connectivity index (χ2n) is 3.74. The van der Waals surface area contributed by atoms with Crippen LogP contribution in [0.15, 0.2) is 30.6 Å². The Morgan fingerprint density at radius 2 is 2.21 bits per heavy atom. The molecule has 7 heteroatoms. The lowest BCUT2D eigenvalue weighted by atomic mass is 10.1. The molecule has 0 spiro atoms. The molecular formula is C12H11N3O4. The number of nitrogens with zero attached hydrogens (tertiary/aromatic N) is 2. The first kappa shape index (κ1) is 12.7. The second kappa shape index (κ2) is 5.30. The molecule has 0 saturated carbocycles. The molecule has 0 aliphatic carbocycles. The standard InChI is InChI=1S/C12H11N3O4/c1-19-12(16)7-14-10-2-3-11(15(17)18)8-4-5-13-6-9(8)10/h2-6,14H,7H2,1H3. The van der Waals surface area contributed by atoms with E-state index in [9.17, 15) is 14.9 Å². The number of anilines is 1. The number of nitro benzene ring substituents is 1. The van der Waals surface area contributed by atoms with Crippen LogP contribution < -0.4 is 5.32 Å². The number of nitro groups is 1. The van der Waals surface area contributed by atoms with Crippen molar-refractivity contribution in [3.05, 3.63) is 40.7 Å². The van der Waals surface area contributed by atoms with Crippen molar-refractivity contribution in [3.63, 3.8) is 0 Å². The summed E-state index contributed by atoms with van der Waals surface area (Å²) in [5.74, 6) is -0.421. The molecule has 0 unspecified atom stereocenters. The molecule has 1 aromatic carbocycles. The minimum absolute atomic E-state index is 0.000943. The monoisotopic (exact) mass is 261 g/mol. The number of nitrogens with one attached hydrogen (secondary N) is 1. The van der Waals surface area contributed by atoms with Gasteiger partial charge >= 0.3 is 5.97 Å². The molecule has 0 atom stereocenters. The summed E-state index contributed by atoms with van der Waals surface area (Å²) in [6.45, 7) is -0.0156. The summed E-state index contributed by atoms with van der Waals surface area (Å²) in [6, 6.07) is 4.50. The third-order valence-electron chi connectivity index (χ3n) is 2.64. The Morgan fingerprint density at radius 3 is 2.89 bits per heavy atom. The van der Waals surface area contributed by atoms with E-state index in [1.807, 2.05) is 0 Å².